The van der Waals surface area contributed by atoms with Crippen LogP contribution >= 0.6 is 0 Å². The van der Waals surface area contributed by atoms with Gasteiger partial charge in [0.2, 0.25) is 0 Å². The molecule has 0 heterocycles. The first-order valence-corrected chi connectivity index (χ1v) is 4.95. The monoisotopic (exact) mass is 165 g/mol. The maximum atomic E-state index is 3.39. The van der Waals surface area contributed by atoms with Gasteiger partial charge in [0.05, 0.1) is 0 Å². The molecule has 68 valence electrons. The van der Waals surface area contributed by atoms with Crippen LogP contribution in [0.3, 0.4) is 0 Å². The quantitative estimate of drug-likeness (QED) is 0.632. The van der Waals surface area contributed by atoms with Crippen molar-refractivity contribution in [2.24, 2.45) is 5.92 Å². The number of hydrogen-bond donors (Lipinski definition) is 1. The molecule has 1 aliphatic rings. The number of rotatable bonds is 3. The van der Waals surface area contributed by atoms with Gasteiger partial charge in [0.1, 0.15) is 0 Å². The molecule has 1 rings (SSSR count). The van der Waals surface area contributed by atoms with Crippen molar-refractivity contribution in [2.75, 3.05) is 7.05 Å². The molecule has 12 heavy (non-hydrogen) atoms. The molecule has 2 unspecified atom stereocenters. The molecule has 1 aliphatic carbocycles. The molecule has 0 saturated heterocycles. The fourth-order valence-electron chi connectivity index (χ4n) is 2.14. The van der Waals surface area contributed by atoms with Crippen LogP contribution in [0.15, 0.2) is 0 Å². The zero-order chi connectivity index (χ0) is 8.81. The van der Waals surface area contributed by atoms with Gasteiger partial charge in [-0.15, -0.1) is 11.8 Å². The van der Waals surface area contributed by atoms with Crippen molar-refractivity contribution >= 4 is 0 Å². The van der Waals surface area contributed by atoms with E-state index in [1.807, 2.05) is 6.92 Å². The molecular formula is C11H19N. The number of nitrogens with one attached hydrogen (secondary N) is 1. The maximum Gasteiger partial charge on any atom is 0.00926 e. The summed E-state index contributed by atoms with van der Waals surface area (Å²) in [7, 11) is 2.08. The largest absolute Gasteiger partial charge is 0.317 e. The first-order chi connectivity index (χ1) is 5.88. The summed E-state index contributed by atoms with van der Waals surface area (Å²) in [6.07, 6.45) is 6.53. The second-order valence-corrected chi connectivity index (χ2v) is 3.55. The molecule has 1 saturated carbocycles. The molecule has 0 radical (unpaired) electrons. The summed E-state index contributed by atoms with van der Waals surface area (Å²) >= 11 is 0. The van der Waals surface area contributed by atoms with Gasteiger partial charge in [-0.1, -0.05) is 6.42 Å². The van der Waals surface area contributed by atoms with Crippen LogP contribution in [0.4, 0.5) is 0 Å². The Labute approximate surface area is 75.9 Å². The lowest BCUT2D eigenvalue weighted by molar-refractivity contribution is 0.405. The van der Waals surface area contributed by atoms with Gasteiger partial charge in [0.25, 0.3) is 0 Å². The SMILES string of the molecule is CC#CCCC1CCCC1NC. The highest BCUT2D eigenvalue weighted by Gasteiger charge is 2.24. The van der Waals surface area contributed by atoms with Crippen LogP contribution in [0.2, 0.25) is 0 Å². The van der Waals surface area contributed by atoms with Crippen molar-refractivity contribution in [1.29, 1.82) is 0 Å². The van der Waals surface area contributed by atoms with Gasteiger partial charge in [0.15, 0.2) is 0 Å². The van der Waals surface area contributed by atoms with Crippen molar-refractivity contribution in [3.63, 3.8) is 0 Å². The molecule has 0 aromatic heterocycles. The van der Waals surface area contributed by atoms with E-state index in [0.717, 1.165) is 18.4 Å². The normalized spacial score (nSPS) is 28.2. The van der Waals surface area contributed by atoms with Crippen molar-refractivity contribution in [1.82, 2.24) is 5.32 Å². The average Bonchev–Trinajstić information content (AvgIpc) is 2.52. The molecule has 0 spiro atoms. The Balaban J connectivity index is 2.24. The third kappa shape index (κ3) is 2.53. The average molecular weight is 165 g/mol. The highest BCUT2D eigenvalue weighted by Crippen LogP contribution is 2.28. The summed E-state index contributed by atoms with van der Waals surface area (Å²) in [5.41, 5.74) is 0. The van der Waals surface area contributed by atoms with E-state index in [9.17, 15) is 0 Å². The Bertz CT molecular complexity index is 175. The van der Waals surface area contributed by atoms with Gasteiger partial charge in [0, 0.05) is 12.5 Å². The molecule has 1 nitrogen and oxygen atoms in total. The first-order valence-electron chi connectivity index (χ1n) is 4.95. The summed E-state index contributed by atoms with van der Waals surface area (Å²) in [5, 5.41) is 3.39. The molecule has 1 heteroatoms. The number of hydrogen-bond acceptors (Lipinski definition) is 1. The Morgan fingerprint density at radius 2 is 2.25 bits per heavy atom. The minimum atomic E-state index is 0.767. The predicted molar refractivity (Wildman–Crippen MR) is 52.9 cm³/mol. The smallest absolute Gasteiger partial charge is 0.00926 e. The fourth-order valence-corrected chi connectivity index (χ4v) is 2.14. The molecular weight excluding hydrogens is 146 g/mol. The molecule has 2 atom stereocenters. The van der Waals surface area contributed by atoms with E-state index in [4.69, 9.17) is 0 Å². The lowest BCUT2D eigenvalue weighted by Crippen LogP contribution is -2.28. The minimum Gasteiger partial charge on any atom is -0.317 e. The van der Waals surface area contributed by atoms with Gasteiger partial charge in [-0.05, 0) is 39.2 Å². The molecule has 0 amide bonds. The van der Waals surface area contributed by atoms with E-state index in [1.165, 1.54) is 25.7 Å². The summed E-state index contributed by atoms with van der Waals surface area (Å²) in [5.74, 6) is 6.98. The van der Waals surface area contributed by atoms with Gasteiger partial charge >= 0.3 is 0 Å². The van der Waals surface area contributed by atoms with Crippen LogP contribution in [0.1, 0.15) is 39.0 Å². The van der Waals surface area contributed by atoms with Crippen LogP contribution in [0, 0.1) is 17.8 Å². The van der Waals surface area contributed by atoms with Crippen LogP contribution < -0.4 is 5.32 Å². The fraction of sp³-hybridized carbons (Fsp3) is 0.818. The van der Waals surface area contributed by atoms with E-state index in [2.05, 4.69) is 24.2 Å². The van der Waals surface area contributed by atoms with E-state index >= 15 is 0 Å². The Morgan fingerprint density at radius 1 is 1.42 bits per heavy atom. The zero-order valence-electron chi connectivity index (χ0n) is 8.19. The molecule has 0 aliphatic heterocycles. The van der Waals surface area contributed by atoms with Gasteiger partial charge in [-0.2, -0.15) is 0 Å². The Hall–Kier alpha value is -0.480. The molecule has 1 fully saturated rings. The first kappa shape index (κ1) is 9.61. The minimum absolute atomic E-state index is 0.767. The predicted octanol–water partition coefficient (Wildman–Crippen LogP) is 2.18. The third-order valence-electron chi connectivity index (χ3n) is 2.85. The van der Waals surface area contributed by atoms with E-state index in [0.29, 0.717) is 0 Å². The Kier molecular flexibility index (Phi) is 4.18. The molecule has 0 aromatic rings. The van der Waals surface area contributed by atoms with Gasteiger partial charge in [-0.3, -0.25) is 0 Å². The second-order valence-electron chi connectivity index (χ2n) is 3.55. The molecule has 0 aromatic carbocycles. The van der Waals surface area contributed by atoms with E-state index < -0.39 is 0 Å². The van der Waals surface area contributed by atoms with Gasteiger partial charge < -0.3 is 5.32 Å². The van der Waals surface area contributed by atoms with Crippen LogP contribution in [-0.4, -0.2) is 13.1 Å². The summed E-state index contributed by atoms with van der Waals surface area (Å²) in [6.45, 7) is 1.92. The third-order valence-corrected chi connectivity index (χ3v) is 2.85. The lowest BCUT2D eigenvalue weighted by atomic mass is 9.98. The van der Waals surface area contributed by atoms with Crippen molar-refractivity contribution in [2.45, 2.75) is 45.1 Å². The van der Waals surface area contributed by atoms with E-state index in [1.54, 1.807) is 0 Å². The lowest BCUT2D eigenvalue weighted by Gasteiger charge is -2.17. The summed E-state index contributed by atoms with van der Waals surface area (Å²) in [4.78, 5) is 0. The van der Waals surface area contributed by atoms with Crippen molar-refractivity contribution in [3.05, 3.63) is 0 Å². The van der Waals surface area contributed by atoms with Crippen LogP contribution in [-0.2, 0) is 0 Å². The second kappa shape index (κ2) is 5.22. The van der Waals surface area contributed by atoms with Crippen molar-refractivity contribution < 1.29 is 0 Å². The molecule has 1 N–H and O–H groups in total. The van der Waals surface area contributed by atoms with Crippen LogP contribution in [0.5, 0.6) is 0 Å². The maximum absolute atomic E-state index is 3.39. The summed E-state index contributed by atoms with van der Waals surface area (Å²) in [6, 6.07) is 0.767. The van der Waals surface area contributed by atoms with Gasteiger partial charge in [-0.25, -0.2) is 0 Å². The highest BCUT2D eigenvalue weighted by molar-refractivity contribution is 4.96. The topological polar surface area (TPSA) is 12.0 Å². The van der Waals surface area contributed by atoms with E-state index in [-0.39, 0.29) is 0 Å². The zero-order valence-corrected chi connectivity index (χ0v) is 8.19. The highest BCUT2D eigenvalue weighted by atomic mass is 14.9. The van der Waals surface area contributed by atoms with Crippen LogP contribution in [0.25, 0.3) is 0 Å². The van der Waals surface area contributed by atoms with Crippen molar-refractivity contribution in [3.8, 4) is 11.8 Å². The standard InChI is InChI=1S/C11H19N/c1-3-4-5-7-10-8-6-9-11(10)12-2/h10-12H,5-9H2,1-2H3. The Morgan fingerprint density at radius 3 is 2.92 bits per heavy atom. The summed E-state index contributed by atoms with van der Waals surface area (Å²) < 4.78 is 0. The molecule has 0 bridgehead atoms.